The number of nitrogens with zero attached hydrogens (tertiary/aromatic N) is 2. The van der Waals surface area contributed by atoms with Crippen LogP contribution in [0.3, 0.4) is 0 Å². The van der Waals surface area contributed by atoms with E-state index < -0.39 is 94.8 Å². The molecule has 2 aliphatic rings. The third-order valence-electron chi connectivity index (χ3n) is 10.8. The third kappa shape index (κ3) is 17.2. The molecule has 4 atom stereocenters. The molecule has 2 amide bonds. The minimum absolute atomic E-state index is 0.0577. The molecule has 0 saturated carbocycles. The summed E-state index contributed by atoms with van der Waals surface area (Å²) in [5, 5.41) is 8.83. The first kappa shape index (κ1) is 58.3. The number of benzene rings is 4. The number of alkyl halides is 11. The lowest BCUT2D eigenvalue weighted by atomic mass is 9.96. The Morgan fingerprint density at radius 2 is 0.986 bits per heavy atom. The first-order chi connectivity index (χ1) is 33.0. The highest BCUT2D eigenvalue weighted by molar-refractivity contribution is 5.88. The standard InChI is InChI=1S/C26H26F7NO3.C15H14F3N.C10H16FNO4/c1-24(2,3)37-23(36)34-14-20(27)13-21(34)22(35)8-7-15-5-4-6-16(9-15)17-10-18(25(28,29)30)12-19(11-17)26(31,32)33;1-10-5-13(8-14(6-10)15(16,17)18)12-4-2-3-11(7-12)9-19;1-10(2,3)16-9(15)12-5-6(11)4-7(12)8(13)14/h4-6,9-12,20-21H,7-8,13-14H2,1-3H3;2-8H,9,19H2,1H3;6-7H,4-5H2,1-3H3,(H,13,14)/t20-,21-;;6-,7-/m0.0/s1. The number of ether oxygens (including phenoxy) is 2. The van der Waals surface area contributed by atoms with Crippen LogP contribution in [0.15, 0.2) is 84.9 Å². The number of rotatable bonds is 8. The Hall–Kier alpha value is -6.25. The number of amides is 2. The molecule has 10 nitrogen and oxygen atoms in total. The quantitative estimate of drug-likeness (QED) is 0.166. The van der Waals surface area contributed by atoms with Crippen molar-refractivity contribution < 1.29 is 82.1 Å². The second kappa shape index (κ2) is 23.1. The molecule has 0 aromatic heterocycles. The van der Waals surface area contributed by atoms with E-state index >= 15 is 0 Å². The fraction of sp³-hybridized carbons (Fsp3) is 0.451. The van der Waals surface area contributed by atoms with Crippen LogP contribution >= 0.6 is 0 Å². The van der Waals surface area contributed by atoms with Crippen molar-refractivity contribution in [2.24, 2.45) is 5.73 Å². The largest absolute Gasteiger partial charge is 0.480 e. The predicted octanol–water partition coefficient (Wildman–Crippen LogP) is 12.8. The van der Waals surface area contributed by atoms with Gasteiger partial charge in [-0.1, -0.05) is 48.5 Å². The number of hydrogen-bond donors (Lipinski definition) is 2. The molecule has 0 spiro atoms. The highest BCUT2D eigenvalue weighted by Crippen LogP contribution is 2.39. The van der Waals surface area contributed by atoms with E-state index in [9.17, 15) is 67.5 Å². The van der Waals surface area contributed by atoms with E-state index in [0.29, 0.717) is 35.4 Å². The van der Waals surface area contributed by atoms with Crippen molar-refractivity contribution in [1.29, 1.82) is 0 Å². The van der Waals surface area contributed by atoms with Gasteiger partial charge in [-0.2, -0.15) is 39.5 Å². The van der Waals surface area contributed by atoms with Gasteiger partial charge in [0.15, 0.2) is 5.78 Å². The lowest BCUT2D eigenvalue weighted by Crippen LogP contribution is -2.43. The number of carboxylic acids is 1. The Morgan fingerprint density at radius 3 is 1.42 bits per heavy atom. The van der Waals surface area contributed by atoms with Crippen molar-refractivity contribution in [1.82, 2.24) is 9.80 Å². The summed E-state index contributed by atoms with van der Waals surface area (Å²) in [7, 11) is 0. The van der Waals surface area contributed by atoms with Gasteiger partial charge in [-0.3, -0.25) is 14.6 Å². The van der Waals surface area contributed by atoms with Crippen LogP contribution in [0.25, 0.3) is 22.3 Å². The SMILES string of the molecule is CC(C)(C)OC(=O)N1C[C@@H](F)C[C@H]1C(=O)CCc1cccc(-c2cc(C(F)(F)F)cc(C(F)(F)F)c2)c1.CC(C)(C)OC(=O)N1C[C@@H](F)C[C@H]1C(=O)O.Cc1cc(-c2cccc(CN)c2)cc(C(F)(F)F)c1. The lowest BCUT2D eigenvalue weighted by Gasteiger charge is -2.27. The number of aryl methyl sites for hydroxylation is 2. The molecule has 72 heavy (non-hydrogen) atoms. The van der Waals surface area contributed by atoms with Gasteiger partial charge in [0.2, 0.25) is 0 Å². The maximum Gasteiger partial charge on any atom is 0.416 e. The number of carbonyl (C=O) groups is 4. The summed E-state index contributed by atoms with van der Waals surface area (Å²) in [6.07, 6.45) is -18.9. The average molecular weight is 1030 g/mol. The number of aliphatic carboxylic acids is 1. The summed E-state index contributed by atoms with van der Waals surface area (Å²) < 4.78 is 155. The van der Waals surface area contributed by atoms with Crippen LogP contribution in [0.2, 0.25) is 0 Å². The second-order valence-electron chi connectivity index (χ2n) is 19.3. The van der Waals surface area contributed by atoms with Crippen LogP contribution in [-0.2, 0) is 50.6 Å². The molecule has 2 fully saturated rings. The Balaban J connectivity index is 0.000000267. The molecule has 21 heteroatoms. The molecule has 0 radical (unpaired) electrons. The van der Waals surface area contributed by atoms with E-state index in [1.54, 1.807) is 72.7 Å². The number of carbonyl (C=O) groups excluding carboxylic acids is 3. The van der Waals surface area contributed by atoms with Gasteiger partial charge in [-0.05, 0) is 130 Å². The molecule has 6 rings (SSSR count). The zero-order valence-electron chi connectivity index (χ0n) is 40.4. The van der Waals surface area contributed by atoms with Crippen molar-refractivity contribution in [3.05, 3.63) is 118 Å². The van der Waals surface area contributed by atoms with Gasteiger partial charge in [0, 0.05) is 25.8 Å². The number of nitrogens with two attached hydrogens (primary N) is 1. The maximum absolute atomic E-state index is 14.1. The maximum atomic E-state index is 14.1. The minimum Gasteiger partial charge on any atom is -0.480 e. The van der Waals surface area contributed by atoms with Crippen LogP contribution in [0.5, 0.6) is 0 Å². The number of hydrogen-bond acceptors (Lipinski definition) is 7. The van der Waals surface area contributed by atoms with E-state index in [1.807, 2.05) is 12.1 Å². The summed E-state index contributed by atoms with van der Waals surface area (Å²) in [4.78, 5) is 49.6. The monoisotopic (exact) mass is 1030 g/mol. The van der Waals surface area contributed by atoms with Gasteiger partial charge in [0.05, 0.1) is 35.8 Å². The summed E-state index contributed by atoms with van der Waals surface area (Å²) in [6, 6.07) is 16.3. The molecule has 0 bridgehead atoms. The van der Waals surface area contributed by atoms with Crippen molar-refractivity contribution in [3.8, 4) is 22.3 Å². The molecule has 2 saturated heterocycles. The number of carboxylic acid groups (broad SMARTS) is 1. The smallest absolute Gasteiger partial charge is 0.416 e. The molecule has 394 valence electrons. The van der Waals surface area contributed by atoms with Crippen LogP contribution < -0.4 is 5.73 Å². The van der Waals surface area contributed by atoms with Crippen LogP contribution in [0.4, 0.5) is 57.9 Å². The number of ketones is 1. The zero-order chi connectivity index (χ0) is 54.3. The molecule has 2 heterocycles. The highest BCUT2D eigenvalue weighted by Gasteiger charge is 2.43. The van der Waals surface area contributed by atoms with Crippen LogP contribution in [0.1, 0.15) is 94.2 Å². The normalized spacial score (nSPS) is 18.4. The van der Waals surface area contributed by atoms with Gasteiger partial charge < -0.3 is 20.3 Å². The molecule has 0 unspecified atom stereocenters. The molecule has 3 N–H and O–H groups in total. The van der Waals surface area contributed by atoms with Crippen LogP contribution in [0, 0.1) is 6.92 Å². The van der Waals surface area contributed by atoms with Crippen molar-refractivity contribution in [2.45, 2.75) is 135 Å². The Morgan fingerprint density at radius 1 is 0.583 bits per heavy atom. The molecular formula is C51H56F11N3O7. The summed E-state index contributed by atoms with van der Waals surface area (Å²) >= 11 is 0. The minimum atomic E-state index is -4.98. The van der Waals surface area contributed by atoms with Gasteiger partial charge >= 0.3 is 36.7 Å². The van der Waals surface area contributed by atoms with Gasteiger partial charge in [-0.25, -0.2) is 23.2 Å². The Kier molecular flexibility index (Phi) is 18.7. The predicted molar refractivity (Wildman–Crippen MR) is 245 cm³/mol. The molecular weight excluding hydrogens is 976 g/mol. The summed E-state index contributed by atoms with van der Waals surface area (Å²) in [5.74, 6) is -1.62. The highest BCUT2D eigenvalue weighted by atomic mass is 19.4. The van der Waals surface area contributed by atoms with Gasteiger partial charge in [-0.15, -0.1) is 0 Å². The lowest BCUT2D eigenvalue weighted by molar-refractivity contribution is -0.143. The third-order valence-corrected chi connectivity index (χ3v) is 10.8. The summed E-state index contributed by atoms with van der Waals surface area (Å²) in [6.45, 7) is 11.5. The van der Waals surface area contributed by atoms with E-state index in [-0.39, 0.29) is 56.0 Å². The fourth-order valence-electron chi connectivity index (χ4n) is 7.61. The Bertz CT molecular complexity index is 2520. The first-order valence-electron chi connectivity index (χ1n) is 22.4. The summed E-state index contributed by atoms with van der Waals surface area (Å²) in [5.41, 5.74) is 3.62. The average Bonchev–Trinajstić information content (AvgIpc) is 3.87. The van der Waals surface area contributed by atoms with Crippen molar-refractivity contribution in [2.75, 3.05) is 13.1 Å². The van der Waals surface area contributed by atoms with Crippen molar-refractivity contribution in [3.63, 3.8) is 0 Å². The van der Waals surface area contributed by atoms with Crippen LogP contribution in [-0.4, -0.2) is 87.6 Å². The first-order valence-corrected chi connectivity index (χ1v) is 22.4. The Labute approximate surface area is 409 Å². The zero-order valence-corrected chi connectivity index (χ0v) is 40.4. The second-order valence-corrected chi connectivity index (χ2v) is 19.3. The van der Waals surface area contributed by atoms with Gasteiger partial charge in [0.25, 0.3) is 0 Å². The van der Waals surface area contributed by atoms with E-state index in [1.165, 1.54) is 24.3 Å². The molecule has 0 aliphatic carbocycles. The van der Waals surface area contributed by atoms with E-state index in [0.717, 1.165) is 27.0 Å². The number of Topliss-reactive ketones (excluding diaryl/α,β-unsaturated/α-hetero) is 1. The topological polar surface area (TPSA) is 139 Å². The number of halogens is 11. The fourth-order valence-corrected chi connectivity index (χ4v) is 7.61. The molecule has 4 aromatic rings. The van der Waals surface area contributed by atoms with E-state index in [2.05, 4.69) is 0 Å². The molecule has 2 aliphatic heterocycles. The number of likely N-dealkylation sites (tertiary alicyclic amines) is 2. The van der Waals surface area contributed by atoms with Crippen molar-refractivity contribution >= 4 is 23.9 Å². The molecule has 4 aromatic carbocycles. The van der Waals surface area contributed by atoms with Gasteiger partial charge in [0.1, 0.15) is 29.6 Å². The van der Waals surface area contributed by atoms with E-state index in [4.69, 9.17) is 20.3 Å².